The molecule has 0 atom stereocenters. The molecule has 0 unspecified atom stereocenters. The lowest BCUT2D eigenvalue weighted by Gasteiger charge is -2.00. The average molecular weight is 250 g/mol. The van der Waals surface area contributed by atoms with Crippen LogP contribution in [0.15, 0.2) is 24.3 Å². The Morgan fingerprint density at radius 1 is 1.35 bits per heavy atom. The molecule has 0 bridgehead atoms. The molecule has 0 amide bonds. The lowest BCUT2D eigenvalue weighted by Crippen LogP contribution is -1.98. The third-order valence-electron chi connectivity index (χ3n) is 2.45. The summed E-state index contributed by atoms with van der Waals surface area (Å²) in [5.74, 6) is -0.219. The van der Waals surface area contributed by atoms with E-state index in [0.29, 0.717) is 5.56 Å². The predicted molar refractivity (Wildman–Crippen MR) is 71.0 cm³/mol. The van der Waals surface area contributed by atoms with Crippen molar-refractivity contribution in [1.29, 1.82) is 0 Å². The van der Waals surface area contributed by atoms with Gasteiger partial charge in [-0.1, -0.05) is 19.1 Å². The fraction of sp³-hybridized carbons (Fsp3) is 0.308. The molecular formula is C13H15FN2S. The van der Waals surface area contributed by atoms with Crippen LogP contribution in [0.1, 0.15) is 18.2 Å². The van der Waals surface area contributed by atoms with Crippen molar-refractivity contribution in [3.8, 4) is 11.3 Å². The first-order valence-corrected chi connectivity index (χ1v) is 6.50. The Labute approximate surface area is 105 Å². The molecule has 0 aliphatic heterocycles. The fourth-order valence-corrected chi connectivity index (χ4v) is 2.46. The van der Waals surface area contributed by atoms with Crippen molar-refractivity contribution in [2.24, 2.45) is 0 Å². The van der Waals surface area contributed by atoms with Crippen LogP contribution in [0.3, 0.4) is 0 Å². The number of thiazole rings is 1. The summed E-state index contributed by atoms with van der Waals surface area (Å²) >= 11 is 1.57. The van der Waals surface area contributed by atoms with E-state index in [1.807, 2.05) is 13.0 Å². The predicted octanol–water partition coefficient (Wildman–Crippen LogP) is 4.08. The number of hydrogen-bond acceptors (Lipinski definition) is 3. The van der Waals surface area contributed by atoms with E-state index in [0.717, 1.165) is 28.7 Å². The highest BCUT2D eigenvalue weighted by Crippen LogP contribution is 2.31. The summed E-state index contributed by atoms with van der Waals surface area (Å²) < 4.78 is 13.7. The van der Waals surface area contributed by atoms with E-state index in [-0.39, 0.29) is 5.82 Å². The van der Waals surface area contributed by atoms with E-state index >= 15 is 0 Å². The normalized spacial score (nSPS) is 10.5. The van der Waals surface area contributed by atoms with Gasteiger partial charge in [-0.15, -0.1) is 11.3 Å². The fourth-order valence-electron chi connectivity index (χ4n) is 1.61. The highest BCUT2D eigenvalue weighted by molar-refractivity contribution is 7.16. The minimum absolute atomic E-state index is 0.219. The monoisotopic (exact) mass is 250 g/mol. The summed E-state index contributed by atoms with van der Waals surface area (Å²) in [4.78, 5) is 5.48. The number of hydrogen-bond donors (Lipinski definition) is 1. The molecule has 2 rings (SSSR count). The maximum atomic E-state index is 13.7. The maximum Gasteiger partial charge on any atom is 0.183 e. The van der Waals surface area contributed by atoms with E-state index < -0.39 is 0 Å². The summed E-state index contributed by atoms with van der Waals surface area (Å²) in [6.45, 7) is 4.96. The zero-order valence-electron chi connectivity index (χ0n) is 9.96. The number of rotatable bonds is 4. The zero-order chi connectivity index (χ0) is 12.3. The van der Waals surface area contributed by atoms with E-state index in [9.17, 15) is 4.39 Å². The van der Waals surface area contributed by atoms with Crippen molar-refractivity contribution in [2.45, 2.75) is 20.3 Å². The number of aryl methyl sites for hydroxylation is 1. The second-order valence-corrected chi connectivity index (χ2v) is 5.03. The lowest BCUT2D eigenvalue weighted by molar-refractivity contribution is 0.631. The Morgan fingerprint density at radius 3 is 2.82 bits per heavy atom. The number of benzene rings is 1. The van der Waals surface area contributed by atoms with Crippen LogP contribution >= 0.6 is 11.3 Å². The quantitative estimate of drug-likeness (QED) is 0.884. The Balaban J connectivity index is 2.33. The summed E-state index contributed by atoms with van der Waals surface area (Å²) in [7, 11) is 0. The molecule has 0 saturated carbocycles. The molecule has 17 heavy (non-hydrogen) atoms. The molecule has 0 aliphatic rings. The molecule has 90 valence electrons. The lowest BCUT2D eigenvalue weighted by atomic mass is 10.1. The van der Waals surface area contributed by atoms with E-state index in [2.05, 4.69) is 17.2 Å². The summed E-state index contributed by atoms with van der Waals surface area (Å²) in [6.07, 6.45) is 1.05. The first-order valence-electron chi connectivity index (χ1n) is 5.68. The molecule has 1 aromatic heterocycles. The van der Waals surface area contributed by atoms with Gasteiger partial charge in [0.15, 0.2) is 5.13 Å². The third kappa shape index (κ3) is 2.64. The molecular weight excluding hydrogens is 235 g/mol. The van der Waals surface area contributed by atoms with Crippen molar-refractivity contribution < 1.29 is 4.39 Å². The molecule has 2 nitrogen and oxygen atoms in total. The van der Waals surface area contributed by atoms with Gasteiger partial charge in [-0.2, -0.15) is 0 Å². The van der Waals surface area contributed by atoms with Gasteiger partial charge in [0.1, 0.15) is 5.82 Å². The van der Waals surface area contributed by atoms with Crippen LogP contribution in [0.4, 0.5) is 9.52 Å². The van der Waals surface area contributed by atoms with E-state index in [1.165, 1.54) is 6.07 Å². The molecule has 1 aromatic carbocycles. The van der Waals surface area contributed by atoms with Crippen LogP contribution in [-0.4, -0.2) is 11.5 Å². The van der Waals surface area contributed by atoms with Crippen LogP contribution < -0.4 is 5.32 Å². The van der Waals surface area contributed by atoms with Crippen LogP contribution in [0, 0.1) is 12.7 Å². The molecule has 0 fully saturated rings. The SMILES string of the molecule is CCCNc1nc(-c2ccccc2F)c(C)s1. The number of halogens is 1. The Hall–Kier alpha value is -1.42. The summed E-state index contributed by atoms with van der Waals surface area (Å²) in [5.41, 5.74) is 1.32. The smallest absolute Gasteiger partial charge is 0.183 e. The van der Waals surface area contributed by atoms with Gasteiger partial charge in [0.2, 0.25) is 0 Å². The Bertz CT molecular complexity index is 508. The minimum Gasteiger partial charge on any atom is -0.362 e. The van der Waals surface area contributed by atoms with Crippen LogP contribution in [0.2, 0.25) is 0 Å². The van der Waals surface area contributed by atoms with Crippen LogP contribution in [0.25, 0.3) is 11.3 Å². The maximum absolute atomic E-state index is 13.7. The Kier molecular flexibility index (Phi) is 3.74. The van der Waals surface area contributed by atoms with Crippen molar-refractivity contribution in [1.82, 2.24) is 4.98 Å². The molecule has 0 spiro atoms. The van der Waals surface area contributed by atoms with Gasteiger partial charge in [-0.3, -0.25) is 0 Å². The van der Waals surface area contributed by atoms with Gasteiger partial charge < -0.3 is 5.32 Å². The van der Waals surface area contributed by atoms with Gasteiger partial charge in [-0.05, 0) is 25.5 Å². The second-order valence-electron chi connectivity index (χ2n) is 3.83. The van der Waals surface area contributed by atoms with Crippen molar-refractivity contribution >= 4 is 16.5 Å². The molecule has 0 saturated heterocycles. The minimum atomic E-state index is -0.219. The van der Waals surface area contributed by atoms with Crippen LogP contribution in [0.5, 0.6) is 0 Å². The first-order chi connectivity index (χ1) is 8.22. The standard InChI is InChI=1S/C13H15FN2S/c1-3-8-15-13-16-12(9(2)17-13)10-6-4-5-7-11(10)14/h4-7H,3,8H2,1-2H3,(H,15,16). The summed E-state index contributed by atoms with van der Waals surface area (Å²) in [5, 5.41) is 4.09. The first kappa shape index (κ1) is 12.0. The van der Waals surface area contributed by atoms with Crippen LogP contribution in [-0.2, 0) is 0 Å². The van der Waals surface area contributed by atoms with Gasteiger partial charge in [0.05, 0.1) is 5.69 Å². The topological polar surface area (TPSA) is 24.9 Å². The number of anilines is 1. The average Bonchev–Trinajstić information content (AvgIpc) is 2.68. The highest BCUT2D eigenvalue weighted by atomic mass is 32.1. The van der Waals surface area contributed by atoms with Gasteiger partial charge in [0.25, 0.3) is 0 Å². The van der Waals surface area contributed by atoms with Gasteiger partial charge in [-0.25, -0.2) is 9.37 Å². The molecule has 1 N–H and O–H groups in total. The number of nitrogens with zero attached hydrogens (tertiary/aromatic N) is 1. The Morgan fingerprint density at radius 2 is 2.12 bits per heavy atom. The molecule has 0 radical (unpaired) electrons. The zero-order valence-corrected chi connectivity index (χ0v) is 10.8. The summed E-state index contributed by atoms with van der Waals surface area (Å²) in [6, 6.07) is 6.75. The molecule has 4 heteroatoms. The highest BCUT2D eigenvalue weighted by Gasteiger charge is 2.12. The van der Waals surface area contributed by atoms with Crippen molar-refractivity contribution in [3.63, 3.8) is 0 Å². The van der Waals surface area contributed by atoms with E-state index in [4.69, 9.17) is 0 Å². The largest absolute Gasteiger partial charge is 0.362 e. The third-order valence-corrected chi connectivity index (χ3v) is 3.38. The van der Waals surface area contributed by atoms with Crippen molar-refractivity contribution in [3.05, 3.63) is 35.0 Å². The van der Waals surface area contributed by atoms with Gasteiger partial charge in [0, 0.05) is 17.0 Å². The molecule has 2 aromatic rings. The van der Waals surface area contributed by atoms with Crippen molar-refractivity contribution in [2.75, 3.05) is 11.9 Å². The molecule has 0 aliphatic carbocycles. The molecule has 1 heterocycles. The number of nitrogens with one attached hydrogen (secondary N) is 1. The van der Waals surface area contributed by atoms with E-state index in [1.54, 1.807) is 23.5 Å². The van der Waals surface area contributed by atoms with Gasteiger partial charge >= 0.3 is 0 Å². The number of aromatic nitrogens is 1. The second kappa shape index (κ2) is 5.27.